The van der Waals surface area contributed by atoms with Gasteiger partial charge in [-0.15, -0.1) is 0 Å². The van der Waals surface area contributed by atoms with Crippen LogP contribution in [0.4, 0.5) is 13.2 Å². The van der Waals surface area contributed by atoms with Crippen molar-refractivity contribution < 1.29 is 27.9 Å². The van der Waals surface area contributed by atoms with Crippen LogP contribution in [0, 0.1) is 0 Å². The third-order valence-electron chi connectivity index (χ3n) is 1.26. The van der Waals surface area contributed by atoms with Crippen LogP contribution in [-0.2, 0) is 6.18 Å². The SMILES string of the molecule is OB(O)Oc1ccnc(C(F)(F)F)c1. The van der Waals surface area contributed by atoms with E-state index in [4.69, 9.17) is 10.0 Å². The number of alkyl halides is 3. The first-order valence-electron chi connectivity index (χ1n) is 3.45. The lowest BCUT2D eigenvalue weighted by Crippen LogP contribution is -2.21. The summed E-state index contributed by atoms with van der Waals surface area (Å²) in [7, 11) is -2.15. The Morgan fingerprint density at radius 3 is 2.50 bits per heavy atom. The molecule has 76 valence electrons. The highest BCUT2D eigenvalue weighted by atomic mass is 19.4. The van der Waals surface area contributed by atoms with Crippen molar-refractivity contribution in [1.29, 1.82) is 0 Å². The van der Waals surface area contributed by atoms with Crippen LogP contribution in [0.2, 0.25) is 0 Å². The fourth-order valence-electron chi connectivity index (χ4n) is 0.761. The molecule has 8 heteroatoms. The Morgan fingerprint density at radius 1 is 1.36 bits per heavy atom. The standard InChI is InChI=1S/C6H5BF3NO3/c8-6(9,10)5-3-4(1-2-11-5)14-7(12)13/h1-3,12-13H. The van der Waals surface area contributed by atoms with Crippen LogP contribution in [0.3, 0.4) is 0 Å². The van der Waals surface area contributed by atoms with Gasteiger partial charge in [-0.3, -0.25) is 4.98 Å². The molecular weight excluding hydrogens is 202 g/mol. The van der Waals surface area contributed by atoms with Crippen LogP contribution in [-0.4, -0.2) is 22.4 Å². The summed E-state index contributed by atoms with van der Waals surface area (Å²) in [5, 5.41) is 16.7. The zero-order valence-corrected chi connectivity index (χ0v) is 6.69. The topological polar surface area (TPSA) is 62.6 Å². The van der Waals surface area contributed by atoms with Gasteiger partial charge in [-0.05, 0) is 6.07 Å². The quantitative estimate of drug-likeness (QED) is 0.691. The van der Waals surface area contributed by atoms with E-state index in [-0.39, 0.29) is 5.75 Å². The highest BCUT2D eigenvalue weighted by molar-refractivity contribution is 6.33. The van der Waals surface area contributed by atoms with Crippen molar-refractivity contribution in [2.75, 3.05) is 0 Å². The zero-order valence-electron chi connectivity index (χ0n) is 6.69. The second-order valence-corrected chi connectivity index (χ2v) is 2.32. The van der Waals surface area contributed by atoms with E-state index in [9.17, 15) is 13.2 Å². The van der Waals surface area contributed by atoms with Gasteiger partial charge in [-0.2, -0.15) is 13.2 Å². The highest BCUT2D eigenvalue weighted by Gasteiger charge is 2.32. The van der Waals surface area contributed by atoms with Gasteiger partial charge >= 0.3 is 13.5 Å². The van der Waals surface area contributed by atoms with Crippen LogP contribution >= 0.6 is 0 Å². The van der Waals surface area contributed by atoms with Crippen molar-refractivity contribution in [3.63, 3.8) is 0 Å². The van der Waals surface area contributed by atoms with E-state index in [1.807, 2.05) is 0 Å². The van der Waals surface area contributed by atoms with Gasteiger partial charge in [0.15, 0.2) is 0 Å². The summed E-state index contributed by atoms with van der Waals surface area (Å²) in [6.45, 7) is 0. The molecule has 1 aromatic rings. The van der Waals surface area contributed by atoms with Crippen LogP contribution in [0.1, 0.15) is 5.69 Å². The molecule has 0 amide bonds. The lowest BCUT2D eigenvalue weighted by atomic mass is 10.2. The maximum absolute atomic E-state index is 12.1. The Balaban J connectivity index is 2.90. The molecule has 1 heterocycles. The molecule has 0 fully saturated rings. The molecule has 0 aliphatic rings. The molecule has 1 rings (SSSR count). The summed E-state index contributed by atoms with van der Waals surface area (Å²) < 4.78 is 40.4. The summed E-state index contributed by atoms with van der Waals surface area (Å²) in [6.07, 6.45) is -3.72. The summed E-state index contributed by atoms with van der Waals surface area (Å²) >= 11 is 0. The number of hydrogen-bond acceptors (Lipinski definition) is 4. The molecule has 0 spiro atoms. The number of rotatable bonds is 2. The Labute approximate surface area is 77.1 Å². The minimum Gasteiger partial charge on any atom is -0.512 e. The van der Waals surface area contributed by atoms with E-state index in [1.165, 1.54) is 0 Å². The Morgan fingerprint density at radius 2 is 2.00 bits per heavy atom. The van der Waals surface area contributed by atoms with Crippen molar-refractivity contribution in [3.8, 4) is 5.75 Å². The Hall–Kier alpha value is -1.28. The van der Waals surface area contributed by atoms with E-state index in [0.29, 0.717) is 6.07 Å². The summed E-state index contributed by atoms with van der Waals surface area (Å²) in [5.74, 6) is -0.317. The number of nitrogens with zero attached hydrogens (tertiary/aromatic N) is 1. The first kappa shape index (κ1) is 10.8. The van der Waals surface area contributed by atoms with Gasteiger partial charge in [-0.1, -0.05) is 0 Å². The van der Waals surface area contributed by atoms with E-state index in [1.54, 1.807) is 0 Å². The molecule has 0 saturated carbocycles. The molecule has 0 aromatic carbocycles. The minimum absolute atomic E-state index is 0.317. The molecule has 4 nitrogen and oxygen atoms in total. The summed E-state index contributed by atoms with van der Waals surface area (Å²) in [5.41, 5.74) is -1.16. The smallest absolute Gasteiger partial charge is 0.512 e. The molecule has 14 heavy (non-hydrogen) atoms. The predicted octanol–water partition coefficient (Wildman–Crippen LogP) is 0.449. The fraction of sp³-hybridized carbons (Fsp3) is 0.167. The van der Waals surface area contributed by atoms with Gasteiger partial charge in [0.2, 0.25) is 0 Å². The van der Waals surface area contributed by atoms with Crippen LogP contribution in [0.5, 0.6) is 5.75 Å². The van der Waals surface area contributed by atoms with E-state index in [0.717, 1.165) is 12.3 Å². The summed E-state index contributed by atoms with van der Waals surface area (Å²) in [4.78, 5) is 3.05. The van der Waals surface area contributed by atoms with E-state index < -0.39 is 19.2 Å². The normalized spacial score (nSPS) is 11.2. The average molecular weight is 207 g/mol. The lowest BCUT2D eigenvalue weighted by molar-refractivity contribution is -0.141. The van der Waals surface area contributed by atoms with Gasteiger partial charge in [0.25, 0.3) is 0 Å². The molecule has 1 aromatic heterocycles. The first-order chi connectivity index (χ1) is 6.39. The van der Waals surface area contributed by atoms with Gasteiger partial charge in [0.1, 0.15) is 11.4 Å². The van der Waals surface area contributed by atoms with Crippen molar-refractivity contribution in [2.24, 2.45) is 0 Å². The van der Waals surface area contributed by atoms with Crippen LogP contribution in [0.15, 0.2) is 18.3 Å². The van der Waals surface area contributed by atoms with Crippen molar-refractivity contribution >= 4 is 7.32 Å². The van der Waals surface area contributed by atoms with Gasteiger partial charge in [0, 0.05) is 12.3 Å². The first-order valence-corrected chi connectivity index (χ1v) is 3.45. The number of halogens is 3. The molecule has 0 aliphatic heterocycles. The van der Waals surface area contributed by atoms with Crippen molar-refractivity contribution in [2.45, 2.75) is 6.18 Å². The lowest BCUT2D eigenvalue weighted by Gasteiger charge is -2.08. The average Bonchev–Trinajstić information content (AvgIpc) is 2.01. The molecule has 2 N–H and O–H groups in total. The number of pyridine rings is 1. The number of aromatic nitrogens is 1. The minimum atomic E-state index is -4.58. The molecule has 0 unspecified atom stereocenters. The fourth-order valence-corrected chi connectivity index (χ4v) is 0.761. The zero-order chi connectivity index (χ0) is 10.8. The van der Waals surface area contributed by atoms with E-state index in [2.05, 4.69) is 9.64 Å². The third-order valence-corrected chi connectivity index (χ3v) is 1.26. The summed E-state index contributed by atoms with van der Waals surface area (Å²) in [6, 6.07) is 1.65. The second kappa shape index (κ2) is 3.85. The molecular formula is C6H5BF3NO3. The van der Waals surface area contributed by atoms with Gasteiger partial charge in [-0.25, -0.2) is 0 Å². The Bertz CT molecular complexity index is 317. The monoisotopic (exact) mass is 207 g/mol. The molecule has 0 aliphatic carbocycles. The molecule has 0 radical (unpaired) electrons. The van der Waals surface area contributed by atoms with Crippen molar-refractivity contribution in [3.05, 3.63) is 24.0 Å². The molecule has 0 atom stereocenters. The van der Waals surface area contributed by atoms with Crippen molar-refractivity contribution in [1.82, 2.24) is 4.98 Å². The molecule has 0 saturated heterocycles. The molecule has 0 bridgehead atoms. The van der Waals surface area contributed by atoms with Crippen LogP contribution in [0.25, 0.3) is 0 Å². The third kappa shape index (κ3) is 2.89. The maximum Gasteiger partial charge on any atom is 0.707 e. The van der Waals surface area contributed by atoms with Gasteiger partial charge in [0.05, 0.1) is 0 Å². The number of hydrogen-bond donors (Lipinski definition) is 2. The second-order valence-electron chi connectivity index (χ2n) is 2.32. The van der Waals surface area contributed by atoms with E-state index >= 15 is 0 Å². The Kier molecular flexibility index (Phi) is 2.97. The maximum atomic E-state index is 12.1. The highest BCUT2D eigenvalue weighted by Crippen LogP contribution is 2.29. The predicted molar refractivity (Wildman–Crippen MR) is 40.1 cm³/mol. The van der Waals surface area contributed by atoms with Gasteiger partial charge < -0.3 is 14.7 Å². The van der Waals surface area contributed by atoms with Crippen LogP contribution < -0.4 is 4.65 Å². The largest absolute Gasteiger partial charge is 0.707 e.